The van der Waals surface area contributed by atoms with Gasteiger partial charge in [-0.05, 0) is 68.2 Å². The molecular weight excluding hydrogens is 224 g/mol. The van der Waals surface area contributed by atoms with Gasteiger partial charge in [-0.3, -0.25) is 4.79 Å². The summed E-state index contributed by atoms with van der Waals surface area (Å²) in [5.74, 6) is 4.04. The number of hydrogen-bond donors (Lipinski definition) is 2. The van der Waals surface area contributed by atoms with Crippen LogP contribution in [0.1, 0.15) is 45.4 Å². The van der Waals surface area contributed by atoms with Crippen molar-refractivity contribution in [2.24, 2.45) is 35.3 Å². The molecule has 3 nitrogen and oxygen atoms in total. The Kier molecular flexibility index (Phi) is 3.35. The summed E-state index contributed by atoms with van der Waals surface area (Å²) in [4.78, 5) is 12.0. The second-order valence-corrected chi connectivity index (χ2v) is 7.07. The van der Waals surface area contributed by atoms with Gasteiger partial charge in [-0.15, -0.1) is 0 Å². The van der Waals surface area contributed by atoms with Crippen molar-refractivity contribution < 1.29 is 4.79 Å². The lowest BCUT2D eigenvalue weighted by atomic mass is 9.54. The molecule has 0 spiro atoms. The number of rotatable bonds is 4. The van der Waals surface area contributed by atoms with Crippen LogP contribution in [0.2, 0.25) is 0 Å². The summed E-state index contributed by atoms with van der Waals surface area (Å²) >= 11 is 0. The molecule has 3 heteroatoms. The predicted molar refractivity (Wildman–Crippen MR) is 71.8 cm³/mol. The zero-order chi connectivity index (χ0) is 12.7. The molecule has 4 rings (SSSR count). The standard InChI is InChI=1S/C15H26N2O/c1-9(8-16)2-14(18)17-15-12-4-10-3-11(6-12)7-13(15)5-10/h9-13,15H,2-8,16H2,1H3,(H,17,18). The van der Waals surface area contributed by atoms with E-state index in [0.717, 1.165) is 23.7 Å². The summed E-state index contributed by atoms with van der Waals surface area (Å²) in [6, 6.07) is 0.482. The summed E-state index contributed by atoms with van der Waals surface area (Å²) in [5.41, 5.74) is 5.59. The Labute approximate surface area is 110 Å². The third-order valence-corrected chi connectivity index (χ3v) is 5.49. The minimum atomic E-state index is 0.227. The van der Waals surface area contributed by atoms with Gasteiger partial charge in [0.1, 0.15) is 0 Å². The highest BCUT2D eigenvalue weighted by atomic mass is 16.1. The molecule has 4 saturated carbocycles. The van der Waals surface area contributed by atoms with E-state index in [1.165, 1.54) is 32.1 Å². The fourth-order valence-corrected chi connectivity index (χ4v) is 4.81. The van der Waals surface area contributed by atoms with Crippen LogP contribution in [-0.2, 0) is 4.79 Å². The molecule has 0 heterocycles. The molecule has 1 atom stereocenters. The van der Waals surface area contributed by atoms with Gasteiger partial charge in [-0.2, -0.15) is 0 Å². The Morgan fingerprint density at radius 3 is 2.22 bits per heavy atom. The molecule has 4 aliphatic rings. The molecule has 4 fully saturated rings. The van der Waals surface area contributed by atoms with E-state index in [1.54, 1.807) is 0 Å². The fraction of sp³-hybridized carbons (Fsp3) is 0.933. The van der Waals surface area contributed by atoms with E-state index in [2.05, 4.69) is 12.2 Å². The number of carbonyl (C=O) groups excluding carboxylic acids is 1. The molecule has 4 aliphatic carbocycles. The van der Waals surface area contributed by atoms with Crippen molar-refractivity contribution >= 4 is 5.91 Å². The number of hydrogen-bond acceptors (Lipinski definition) is 2. The van der Waals surface area contributed by atoms with Crippen molar-refractivity contribution in [3.05, 3.63) is 0 Å². The van der Waals surface area contributed by atoms with E-state index in [4.69, 9.17) is 5.73 Å². The topological polar surface area (TPSA) is 55.1 Å². The molecule has 1 unspecified atom stereocenters. The zero-order valence-corrected chi connectivity index (χ0v) is 11.4. The maximum absolute atomic E-state index is 12.0. The Balaban J connectivity index is 1.58. The maximum atomic E-state index is 12.0. The highest BCUT2D eigenvalue weighted by Gasteiger charge is 2.48. The Bertz CT molecular complexity index is 300. The van der Waals surface area contributed by atoms with Crippen molar-refractivity contribution in [3.8, 4) is 0 Å². The molecule has 0 radical (unpaired) electrons. The van der Waals surface area contributed by atoms with E-state index in [1.807, 2.05) is 0 Å². The summed E-state index contributed by atoms with van der Waals surface area (Å²) in [6.07, 6.45) is 7.53. The first-order chi connectivity index (χ1) is 8.65. The van der Waals surface area contributed by atoms with Gasteiger partial charge in [-0.1, -0.05) is 6.92 Å². The molecule has 0 aromatic rings. The number of nitrogens with two attached hydrogens (primary N) is 1. The highest BCUT2D eigenvalue weighted by Crippen LogP contribution is 2.53. The lowest BCUT2D eigenvalue weighted by Crippen LogP contribution is -2.56. The number of carbonyl (C=O) groups is 1. The molecule has 102 valence electrons. The molecule has 0 aliphatic heterocycles. The van der Waals surface area contributed by atoms with Crippen LogP contribution in [0.3, 0.4) is 0 Å². The predicted octanol–water partition coefficient (Wildman–Crippen LogP) is 1.91. The van der Waals surface area contributed by atoms with Crippen molar-refractivity contribution in [3.63, 3.8) is 0 Å². The third-order valence-electron chi connectivity index (χ3n) is 5.49. The van der Waals surface area contributed by atoms with E-state index in [-0.39, 0.29) is 5.91 Å². The molecule has 0 aromatic carbocycles. The number of amides is 1. The van der Waals surface area contributed by atoms with Gasteiger partial charge >= 0.3 is 0 Å². The summed E-state index contributed by atoms with van der Waals surface area (Å²) in [7, 11) is 0. The molecule has 0 aromatic heterocycles. The first-order valence-corrected chi connectivity index (χ1v) is 7.65. The van der Waals surface area contributed by atoms with E-state index >= 15 is 0 Å². The first kappa shape index (κ1) is 12.5. The minimum Gasteiger partial charge on any atom is -0.353 e. The average molecular weight is 250 g/mol. The average Bonchev–Trinajstić information content (AvgIpc) is 2.32. The van der Waals surface area contributed by atoms with Crippen LogP contribution in [-0.4, -0.2) is 18.5 Å². The molecule has 4 bridgehead atoms. The highest BCUT2D eigenvalue weighted by molar-refractivity contribution is 5.76. The quantitative estimate of drug-likeness (QED) is 0.801. The second-order valence-electron chi connectivity index (χ2n) is 7.07. The summed E-state index contributed by atoms with van der Waals surface area (Å²) < 4.78 is 0. The van der Waals surface area contributed by atoms with Crippen molar-refractivity contribution in [1.29, 1.82) is 0 Å². The van der Waals surface area contributed by atoms with E-state index in [0.29, 0.717) is 24.9 Å². The lowest BCUT2D eigenvalue weighted by Gasteiger charge is -2.54. The zero-order valence-electron chi connectivity index (χ0n) is 11.4. The largest absolute Gasteiger partial charge is 0.353 e. The fourth-order valence-electron chi connectivity index (χ4n) is 4.81. The van der Waals surface area contributed by atoms with Gasteiger partial charge < -0.3 is 11.1 Å². The maximum Gasteiger partial charge on any atom is 0.220 e. The molecule has 3 N–H and O–H groups in total. The van der Waals surface area contributed by atoms with Crippen molar-refractivity contribution in [2.75, 3.05) is 6.54 Å². The van der Waals surface area contributed by atoms with Crippen LogP contribution in [0.25, 0.3) is 0 Å². The van der Waals surface area contributed by atoms with E-state index < -0.39 is 0 Å². The van der Waals surface area contributed by atoms with Crippen LogP contribution in [0.4, 0.5) is 0 Å². The SMILES string of the molecule is CC(CN)CC(=O)NC1C2CC3CC(C2)CC1C3. The smallest absolute Gasteiger partial charge is 0.220 e. The van der Waals surface area contributed by atoms with Gasteiger partial charge in [0.15, 0.2) is 0 Å². The third kappa shape index (κ3) is 2.29. The Morgan fingerprint density at radius 1 is 1.17 bits per heavy atom. The molecule has 18 heavy (non-hydrogen) atoms. The molecular formula is C15H26N2O. The first-order valence-electron chi connectivity index (χ1n) is 7.65. The second kappa shape index (κ2) is 4.84. The monoisotopic (exact) mass is 250 g/mol. The Hall–Kier alpha value is -0.570. The van der Waals surface area contributed by atoms with E-state index in [9.17, 15) is 4.79 Å². The summed E-state index contributed by atoms with van der Waals surface area (Å²) in [6.45, 7) is 2.66. The summed E-state index contributed by atoms with van der Waals surface area (Å²) in [5, 5.41) is 3.33. The van der Waals surface area contributed by atoms with Gasteiger partial charge in [0, 0.05) is 12.5 Å². The van der Waals surface area contributed by atoms with Crippen LogP contribution in [0.5, 0.6) is 0 Å². The van der Waals surface area contributed by atoms with Crippen LogP contribution >= 0.6 is 0 Å². The van der Waals surface area contributed by atoms with Crippen LogP contribution in [0.15, 0.2) is 0 Å². The van der Waals surface area contributed by atoms with Crippen LogP contribution in [0, 0.1) is 29.6 Å². The normalized spacial score (nSPS) is 42.9. The van der Waals surface area contributed by atoms with Crippen LogP contribution < -0.4 is 11.1 Å². The van der Waals surface area contributed by atoms with Gasteiger partial charge in [-0.25, -0.2) is 0 Å². The Morgan fingerprint density at radius 2 is 1.72 bits per heavy atom. The van der Waals surface area contributed by atoms with Gasteiger partial charge in [0.25, 0.3) is 0 Å². The number of nitrogens with one attached hydrogen (secondary N) is 1. The van der Waals surface area contributed by atoms with Crippen molar-refractivity contribution in [2.45, 2.75) is 51.5 Å². The lowest BCUT2D eigenvalue weighted by molar-refractivity contribution is -0.125. The van der Waals surface area contributed by atoms with Crippen molar-refractivity contribution in [1.82, 2.24) is 5.32 Å². The minimum absolute atomic E-state index is 0.227. The molecule has 1 amide bonds. The molecule has 0 saturated heterocycles. The van der Waals surface area contributed by atoms with Gasteiger partial charge in [0.05, 0.1) is 0 Å². The van der Waals surface area contributed by atoms with Gasteiger partial charge in [0.2, 0.25) is 5.91 Å².